The Balaban J connectivity index is 0.000000250. The molecule has 46 heavy (non-hydrogen) atoms. The average Bonchev–Trinajstić information content (AvgIpc) is 2.97. The minimum Gasteiger partial charge on any atom is -0.507 e. The van der Waals surface area contributed by atoms with E-state index in [-0.39, 0.29) is 46.0 Å². The summed E-state index contributed by atoms with van der Waals surface area (Å²) in [5.74, 6) is -2.45. The number of primary amides is 2. The van der Waals surface area contributed by atoms with Crippen molar-refractivity contribution in [3.63, 3.8) is 0 Å². The van der Waals surface area contributed by atoms with Crippen molar-refractivity contribution in [1.82, 2.24) is 0 Å². The Morgan fingerprint density at radius 2 is 0.870 bits per heavy atom. The Hall–Kier alpha value is -4.66. The minimum atomic E-state index is -0.757. The second-order valence-corrected chi connectivity index (χ2v) is 12.3. The van der Waals surface area contributed by atoms with E-state index in [0.29, 0.717) is 54.6 Å². The van der Waals surface area contributed by atoms with Crippen molar-refractivity contribution in [3.8, 4) is 11.5 Å². The molecule has 0 saturated heterocycles. The van der Waals surface area contributed by atoms with Crippen LogP contribution < -0.4 is 11.5 Å². The molecule has 0 unspecified atom stereocenters. The molecular weight excluding hydrogens is 627 g/mol. The van der Waals surface area contributed by atoms with Gasteiger partial charge in [-0.3, -0.25) is 19.2 Å². The van der Waals surface area contributed by atoms with Gasteiger partial charge in [0, 0.05) is 32.3 Å². The van der Waals surface area contributed by atoms with Crippen molar-refractivity contribution in [1.29, 1.82) is 0 Å². The molecule has 4 aromatic rings. The number of aromatic hydroxyl groups is 2. The molecule has 0 bridgehead atoms. The summed E-state index contributed by atoms with van der Waals surface area (Å²) < 4.78 is 0. The van der Waals surface area contributed by atoms with Gasteiger partial charge in [0.15, 0.2) is 11.6 Å². The Labute approximate surface area is 278 Å². The van der Waals surface area contributed by atoms with Crippen LogP contribution in [0.3, 0.4) is 0 Å². The third kappa shape index (κ3) is 7.58. The number of hydrogen-bond donors (Lipinski definition) is 4. The third-order valence-corrected chi connectivity index (χ3v) is 8.12. The molecule has 10 heteroatoms. The van der Waals surface area contributed by atoms with Crippen LogP contribution >= 0.6 is 23.2 Å². The summed E-state index contributed by atoms with van der Waals surface area (Å²) in [6, 6.07) is 16.2. The molecule has 0 spiro atoms. The lowest BCUT2D eigenvalue weighted by molar-refractivity contribution is 0.0986. The number of carbonyl (C=O) groups is 4. The van der Waals surface area contributed by atoms with E-state index in [1.165, 1.54) is 0 Å². The maximum atomic E-state index is 12.8. The molecule has 0 aromatic heterocycles. The molecule has 0 heterocycles. The fourth-order valence-corrected chi connectivity index (χ4v) is 5.30. The topological polar surface area (TPSA) is 161 Å². The maximum absolute atomic E-state index is 12.8. The Bertz CT molecular complexity index is 1690. The van der Waals surface area contributed by atoms with E-state index in [0.717, 1.165) is 0 Å². The standard InChI is InChI=1S/2C18H18ClNO3/c2*1-9(2)13-8-14(10(3)15(17(13)22)18(20)23)16(21)11-4-6-12(19)7-5-11/h2*4-9,22H,1-3H3,(H2,20,23). The van der Waals surface area contributed by atoms with Gasteiger partial charge in [0.2, 0.25) is 0 Å². The van der Waals surface area contributed by atoms with Crippen LogP contribution in [0.4, 0.5) is 0 Å². The highest BCUT2D eigenvalue weighted by molar-refractivity contribution is 6.31. The van der Waals surface area contributed by atoms with E-state index in [4.69, 9.17) is 34.7 Å². The first-order valence-corrected chi connectivity index (χ1v) is 15.2. The zero-order valence-corrected chi connectivity index (χ0v) is 27.9. The van der Waals surface area contributed by atoms with Gasteiger partial charge in [-0.2, -0.15) is 0 Å². The first kappa shape index (κ1) is 35.8. The Morgan fingerprint density at radius 1 is 0.587 bits per heavy atom. The summed E-state index contributed by atoms with van der Waals surface area (Å²) >= 11 is 11.7. The lowest BCUT2D eigenvalue weighted by atomic mass is 9.88. The molecule has 0 aliphatic carbocycles. The smallest absolute Gasteiger partial charge is 0.252 e. The predicted molar refractivity (Wildman–Crippen MR) is 181 cm³/mol. The highest BCUT2D eigenvalue weighted by Crippen LogP contribution is 2.36. The molecule has 0 radical (unpaired) electrons. The van der Waals surface area contributed by atoms with Crippen LogP contribution in [0.25, 0.3) is 0 Å². The lowest BCUT2D eigenvalue weighted by Crippen LogP contribution is -2.17. The number of rotatable bonds is 8. The number of nitrogens with two attached hydrogens (primary N) is 2. The average molecular weight is 664 g/mol. The second-order valence-electron chi connectivity index (χ2n) is 11.4. The van der Waals surface area contributed by atoms with Gasteiger partial charge < -0.3 is 21.7 Å². The molecule has 4 rings (SSSR count). The number of phenols is 2. The lowest BCUT2D eigenvalue weighted by Gasteiger charge is -2.17. The first-order chi connectivity index (χ1) is 21.5. The Morgan fingerprint density at radius 3 is 1.11 bits per heavy atom. The summed E-state index contributed by atoms with van der Waals surface area (Å²) in [6.07, 6.45) is 0. The number of benzene rings is 4. The first-order valence-electron chi connectivity index (χ1n) is 14.4. The molecular formula is C36H36Cl2N2O6. The number of carbonyl (C=O) groups excluding carboxylic acids is 4. The van der Waals surface area contributed by atoms with Crippen LogP contribution in [0.2, 0.25) is 10.0 Å². The molecule has 8 nitrogen and oxygen atoms in total. The van der Waals surface area contributed by atoms with Crippen molar-refractivity contribution in [2.45, 2.75) is 53.4 Å². The van der Waals surface area contributed by atoms with E-state index >= 15 is 0 Å². The molecule has 0 fully saturated rings. The molecule has 4 aromatic carbocycles. The van der Waals surface area contributed by atoms with Gasteiger partial charge in [-0.1, -0.05) is 50.9 Å². The summed E-state index contributed by atoms with van der Waals surface area (Å²) in [5.41, 5.74) is 14.1. The third-order valence-electron chi connectivity index (χ3n) is 7.62. The molecule has 0 atom stereocenters. The van der Waals surface area contributed by atoms with Crippen LogP contribution in [0.15, 0.2) is 60.7 Å². The predicted octanol–water partition coefficient (Wildman–Crippen LogP) is 7.61. The van der Waals surface area contributed by atoms with Gasteiger partial charge in [0.1, 0.15) is 11.5 Å². The van der Waals surface area contributed by atoms with Gasteiger partial charge in [-0.25, -0.2) is 0 Å². The number of amides is 2. The van der Waals surface area contributed by atoms with Crippen LogP contribution in [-0.2, 0) is 0 Å². The van der Waals surface area contributed by atoms with Crippen molar-refractivity contribution >= 4 is 46.6 Å². The van der Waals surface area contributed by atoms with E-state index in [9.17, 15) is 29.4 Å². The summed E-state index contributed by atoms with van der Waals surface area (Å²) in [5, 5.41) is 21.7. The van der Waals surface area contributed by atoms with Gasteiger partial charge >= 0.3 is 0 Å². The van der Waals surface area contributed by atoms with Crippen LogP contribution in [-0.4, -0.2) is 33.6 Å². The summed E-state index contributed by atoms with van der Waals surface area (Å²) in [4.78, 5) is 48.9. The van der Waals surface area contributed by atoms with E-state index in [1.807, 2.05) is 27.7 Å². The van der Waals surface area contributed by atoms with Gasteiger partial charge in [0.25, 0.3) is 11.8 Å². The molecule has 6 N–H and O–H groups in total. The van der Waals surface area contributed by atoms with Crippen LogP contribution in [0.5, 0.6) is 11.5 Å². The zero-order valence-electron chi connectivity index (χ0n) is 26.4. The maximum Gasteiger partial charge on any atom is 0.252 e. The van der Waals surface area contributed by atoms with Crippen LogP contribution in [0.1, 0.15) is 114 Å². The Kier molecular flexibility index (Phi) is 11.4. The van der Waals surface area contributed by atoms with Crippen molar-refractivity contribution in [3.05, 3.63) is 126 Å². The highest BCUT2D eigenvalue weighted by Gasteiger charge is 2.25. The molecule has 0 saturated carbocycles. The van der Waals surface area contributed by atoms with E-state index < -0.39 is 11.8 Å². The minimum absolute atomic E-state index is 0.00601. The fraction of sp³-hybridized carbons (Fsp3) is 0.222. The molecule has 240 valence electrons. The molecule has 0 aliphatic heterocycles. The van der Waals surface area contributed by atoms with Crippen molar-refractivity contribution < 1.29 is 29.4 Å². The summed E-state index contributed by atoms with van der Waals surface area (Å²) in [7, 11) is 0. The second kappa shape index (κ2) is 14.6. The molecule has 2 amide bonds. The monoisotopic (exact) mass is 662 g/mol. The SMILES string of the molecule is Cc1c(C(=O)c2ccc(Cl)cc2)cc(C(C)C)c(O)c1C(N)=O.Cc1c(C(=O)c2ccc(Cl)cc2)cc(C(C)C)c(O)c1C(N)=O. The number of ketones is 2. The van der Waals surface area contributed by atoms with E-state index in [1.54, 1.807) is 74.5 Å². The normalized spacial score (nSPS) is 10.8. The number of hydrogen-bond acceptors (Lipinski definition) is 6. The molecule has 0 aliphatic rings. The summed E-state index contributed by atoms with van der Waals surface area (Å²) in [6.45, 7) is 10.7. The largest absolute Gasteiger partial charge is 0.507 e. The van der Waals surface area contributed by atoms with Gasteiger partial charge in [-0.15, -0.1) is 0 Å². The zero-order chi connectivity index (χ0) is 34.6. The number of halogens is 2. The van der Waals surface area contributed by atoms with Crippen molar-refractivity contribution in [2.75, 3.05) is 0 Å². The quantitative estimate of drug-likeness (QED) is 0.142. The van der Waals surface area contributed by atoms with Crippen LogP contribution in [0, 0.1) is 13.8 Å². The van der Waals surface area contributed by atoms with Gasteiger partial charge in [0.05, 0.1) is 11.1 Å². The fourth-order valence-electron chi connectivity index (χ4n) is 5.05. The van der Waals surface area contributed by atoms with Crippen molar-refractivity contribution in [2.24, 2.45) is 11.5 Å². The van der Waals surface area contributed by atoms with Gasteiger partial charge in [-0.05, 0) is 109 Å². The van der Waals surface area contributed by atoms with E-state index in [2.05, 4.69) is 0 Å². The highest BCUT2D eigenvalue weighted by atomic mass is 35.5.